The maximum atomic E-state index is 9.55. The summed E-state index contributed by atoms with van der Waals surface area (Å²) < 4.78 is 10.3. The first-order valence-corrected chi connectivity index (χ1v) is 7.74. The topological polar surface area (TPSA) is 38.7 Å². The standard InChI is InChI=1S/C12H11O3PS2/c13-16(14-17-11-7-3-1-4-8-11)15-18-12-9-5-2-6-10-12/h1-10,13H. The second-order valence-electron chi connectivity index (χ2n) is 3.18. The Morgan fingerprint density at radius 3 is 1.50 bits per heavy atom. The Bertz CT molecular complexity index is 412. The second kappa shape index (κ2) is 7.79. The fourth-order valence-corrected chi connectivity index (χ4v) is 3.17. The van der Waals surface area contributed by atoms with Crippen LogP contribution in [0.25, 0.3) is 0 Å². The van der Waals surface area contributed by atoms with Crippen LogP contribution in [0, 0.1) is 0 Å². The molecule has 0 fully saturated rings. The number of hydrogen-bond acceptors (Lipinski definition) is 5. The monoisotopic (exact) mass is 298 g/mol. The average Bonchev–Trinajstić information content (AvgIpc) is 2.45. The third kappa shape index (κ3) is 4.98. The molecular formula is C12H11O3PS2. The minimum Gasteiger partial charge on any atom is -0.327 e. The SMILES string of the molecule is OP(OSc1ccccc1)OSc1ccccc1. The van der Waals surface area contributed by atoms with Crippen LogP contribution in [0.4, 0.5) is 0 Å². The lowest BCUT2D eigenvalue weighted by atomic mass is 10.4. The van der Waals surface area contributed by atoms with Crippen molar-refractivity contribution >= 4 is 32.7 Å². The van der Waals surface area contributed by atoms with Crippen LogP contribution in [0.3, 0.4) is 0 Å². The van der Waals surface area contributed by atoms with Crippen LogP contribution in [0.5, 0.6) is 0 Å². The zero-order chi connectivity index (χ0) is 12.6. The van der Waals surface area contributed by atoms with Gasteiger partial charge in [0.25, 0.3) is 0 Å². The van der Waals surface area contributed by atoms with Gasteiger partial charge in [0.2, 0.25) is 0 Å². The van der Waals surface area contributed by atoms with E-state index in [1.807, 2.05) is 60.7 Å². The van der Waals surface area contributed by atoms with Gasteiger partial charge in [0, 0.05) is 33.9 Å². The summed E-state index contributed by atoms with van der Waals surface area (Å²) >= 11 is 2.21. The molecule has 2 rings (SSSR count). The number of benzene rings is 2. The molecule has 6 heteroatoms. The van der Waals surface area contributed by atoms with E-state index < -0.39 is 8.60 Å². The smallest absolute Gasteiger partial charge is 0.327 e. The van der Waals surface area contributed by atoms with E-state index in [4.69, 9.17) is 7.94 Å². The Kier molecular flexibility index (Phi) is 6.00. The van der Waals surface area contributed by atoms with Crippen molar-refractivity contribution in [3.8, 4) is 0 Å². The molecule has 0 heterocycles. The van der Waals surface area contributed by atoms with Crippen molar-refractivity contribution in [2.75, 3.05) is 0 Å². The van der Waals surface area contributed by atoms with E-state index in [9.17, 15) is 4.89 Å². The fourth-order valence-electron chi connectivity index (χ4n) is 1.11. The van der Waals surface area contributed by atoms with Crippen LogP contribution in [0.1, 0.15) is 0 Å². The molecule has 0 saturated carbocycles. The first-order valence-electron chi connectivity index (χ1n) is 5.13. The summed E-state index contributed by atoms with van der Waals surface area (Å²) in [5.41, 5.74) is 0. The van der Waals surface area contributed by atoms with Crippen molar-refractivity contribution in [2.45, 2.75) is 9.79 Å². The van der Waals surface area contributed by atoms with Gasteiger partial charge >= 0.3 is 8.60 Å². The van der Waals surface area contributed by atoms with Gasteiger partial charge in [-0.2, -0.15) is 0 Å². The lowest BCUT2D eigenvalue weighted by molar-refractivity contribution is 0.430. The zero-order valence-corrected chi connectivity index (χ0v) is 11.8. The molecule has 0 aromatic heterocycles. The van der Waals surface area contributed by atoms with Gasteiger partial charge in [0.1, 0.15) is 0 Å². The Morgan fingerprint density at radius 1 is 0.722 bits per heavy atom. The lowest BCUT2D eigenvalue weighted by Gasteiger charge is -2.07. The molecule has 18 heavy (non-hydrogen) atoms. The van der Waals surface area contributed by atoms with E-state index >= 15 is 0 Å². The highest BCUT2D eigenvalue weighted by molar-refractivity contribution is 8.00. The van der Waals surface area contributed by atoms with Gasteiger partial charge in [0.15, 0.2) is 0 Å². The summed E-state index contributed by atoms with van der Waals surface area (Å²) in [5.74, 6) is 0. The Labute approximate surface area is 116 Å². The van der Waals surface area contributed by atoms with E-state index in [-0.39, 0.29) is 0 Å². The predicted octanol–water partition coefficient (Wildman–Crippen LogP) is 4.65. The molecule has 0 radical (unpaired) electrons. The molecule has 0 aliphatic rings. The van der Waals surface area contributed by atoms with E-state index in [2.05, 4.69) is 0 Å². The molecule has 0 aliphatic heterocycles. The minimum atomic E-state index is -1.90. The zero-order valence-electron chi connectivity index (χ0n) is 9.30. The lowest BCUT2D eigenvalue weighted by Crippen LogP contribution is -1.78. The van der Waals surface area contributed by atoms with Crippen molar-refractivity contribution < 1.29 is 12.8 Å². The van der Waals surface area contributed by atoms with Crippen LogP contribution >= 0.6 is 32.7 Å². The molecule has 0 bridgehead atoms. The maximum Gasteiger partial charge on any atom is 0.354 e. The molecule has 0 atom stereocenters. The van der Waals surface area contributed by atoms with Crippen LogP contribution in [-0.4, -0.2) is 4.89 Å². The molecule has 2 aromatic carbocycles. The van der Waals surface area contributed by atoms with Crippen LogP contribution in [-0.2, 0) is 7.94 Å². The van der Waals surface area contributed by atoms with Gasteiger partial charge in [-0.1, -0.05) is 36.4 Å². The molecule has 2 aromatic rings. The summed E-state index contributed by atoms with van der Waals surface area (Å²) in [7, 11) is -1.90. The minimum absolute atomic E-state index is 0.923. The Balaban J connectivity index is 1.71. The summed E-state index contributed by atoms with van der Waals surface area (Å²) in [5, 5.41) is 0. The van der Waals surface area contributed by atoms with Gasteiger partial charge in [0.05, 0.1) is 0 Å². The average molecular weight is 298 g/mol. The molecule has 0 saturated heterocycles. The van der Waals surface area contributed by atoms with Crippen molar-refractivity contribution in [3.05, 3.63) is 60.7 Å². The fraction of sp³-hybridized carbons (Fsp3) is 0. The van der Waals surface area contributed by atoms with Gasteiger partial charge in [-0.25, -0.2) is 7.94 Å². The van der Waals surface area contributed by atoms with E-state index in [0.717, 1.165) is 33.9 Å². The largest absolute Gasteiger partial charge is 0.354 e. The van der Waals surface area contributed by atoms with Gasteiger partial charge < -0.3 is 4.89 Å². The third-order valence-electron chi connectivity index (χ3n) is 1.88. The molecule has 94 valence electrons. The first-order chi connectivity index (χ1) is 8.84. The predicted molar refractivity (Wildman–Crippen MR) is 75.9 cm³/mol. The Morgan fingerprint density at radius 2 is 1.11 bits per heavy atom. The highest BCUT2D eigenvalue weighted by atomic mass is 32.2. The molecule has 0 unspecified atom stereocenters. The Hall–Kier alpha value is -0.550. The molecule has 0 aliphatic carbocycles. The first kappa shape index (κ1) is 13.9. The van der Waals surface area contributed by atoms with Gasteiger partial charge in [-0.15, -0.1) is 0 Å². The molecular weight excluding hydrogens is 287 g/mol. The van der Waals surface area contributed by atoms with Crippen molar-refractivity contribution in [2.24, 2.45) is 0 Å². The number of rotatable bonds is 6. The number of hydrogen-bond donors (Lipinski definition) is 1. The van der Waals surface area contributed by atoms with Crippen LogP contribution < -0.4 is 0 Å². The molecule has 0 amide bonds. The highest BCUT2D eigenvalue weighted by Crippen LogP contribution is 2.45. The van der Waals surface area contributed by atoms with Crippen molar-refractivity contribution in [1.82, 2.24) is 0 Å². The molecule has 1 N–H and O–H groups in total. The van der Waals surface area contributed by atoms with Gasteiger partial charge in [-0.3, -0.25) is 0 Å². The summed E-state index contributed by atoms with van der Waals surface area (Å²) in [6, 6.07) is 19.1. The normalized spacial score (nSPS) is 10.8. The molecule has 0 spiro atoms. The molecule has 3 nitrogen and oxygen atoms in total. The highest BCUT2D eigenvalue weighted by Gasteiger charge is 2.09. The summed E-state index contributed by atoms with van der Waals surface area (Å²) in [6.07, 6.45) is 0. The second-order valence-corrected chi connectivity index (χ2v) is 6.12. The maximum absolute atomic E-state index is 9.55. The van der Waals surface area contributed by atoms with E-state index in [1.165, 1.54) is 0 Å². The van der Waals surface area contributed by atoms with Crippen LogP contribution in [0.15, 0.2) is 70.5 Å². The van der Waals surface area contributed by atoms with Crippen LogP contribution in [0.2, 0.25) is 0 Å². The van der Waals surface area contributed by atoms with E-state index in [0.29, 0.717) is 0 Å². The summed E-state index contributed by atoms with van der Waals surface area (Å²) in [6.45, 7) is 0. The summed E-state index contributed by atoms with van der Waals surface area (Å²) in [4.78, 5) is 11.4. The van der Waals surface area contributed by atoms with E-state index in [1.54, 1.807) is 0 Å². The van der Waals surface area contributed by atoms with Gasteiger partial charge in [-0.05, 0) is 24.3 Å². The van der Waals surface area contributed by atoms with Crippen molar-refractivity contribution in [3.63, 3.8) is 0 Å². The quantitative estimate of drug-likeness (QED) is 0.620. The van der Waals surface area contributed by atoms with Crippen molar-refractivity contribution in [1.29, 1.82) is 0 Å². The third-order valence-corrected chi connectivity index (χ3v) is 4.43.